The molecule has 2 nitrogen and oxygen atoms in total. The Balaban J connectivity index is 2.23. The maximum Gasteiger partial charge on any atom is 0.129 e. The molecular formula is C8H9BrN2. The normalized spacial score (nSPS) is 16.3. The molecule has 0 radical (unpaired) electrons. The zero-order chi connectivity index (χ0) is 7.68. The molecule has 0 N–H and O–H groups in total. The molecular weight excluding hydrogens is 204 g/mol. The minimum Gasteiger partial charge on any atom is -0.356 e. The summed E-state index contributed by atoms with van der Waals surface area (Å²) in [6.45, 7) is 2.31. The van der Waals surface area contributed by atoms with Gasteiger partial charge in [-0.25, -0.2) is 4.98 Å². The van der Waals surface area contributed by atoms with Crippen molar-refractivity contribution in [3.05, 3.63) is 22.8 Å². The van der Waals surface area contributed by atoms with Gasteiger partial charge in [-0.15, -0.1) is 0 Å². The zero-order valence-corrected chi connectivity index (χ0v) is 7.71. The van der Waals surface area contributed by atoms with Gasteiger partial charge >= 0.3 is 0 Å². The third-order valence-corrected chi connectivity index (χ3v) is 2.38. The fourth-order valence-electron chi connectivity index (χ4n) is 1.11. The summed E-state index contributed by atoms with van der Waals surface area (Å²) in [6.07, 6.45) is 3.13. The van der Waals surface area contributed by atoms with Gasteiger partial charge in [-0.05, 0) is 18.6 Å². The van der Waals surface area contributed by atoms with Crippen LogP contribution in [-0.2, 0) is 0 Å². The van der Waals surface area contributed by atoms with Gasteiger partial charge in [0.05, 0.1) is 0 Å². The van der Waals surface area contributed by atoms with Crippen LogP contribution in [0.25, 0.3) is 0 Å². The first-order valence-corrected chi connectivity index (χ1v) is 4.52. The molecule has 1 saturated heterocycles. The Bertz CT molecular complexity index is 258. The van der Waals surface area contributed by atoms with E-state index in [0.717, 1.165) is 23.4 Å². The van der Waals surface area contributed by atoms with Gasteiger partial charge in [-0.3, -0.25) is 0 Å². The van der Waals surface area contributed by atoms with E-state index in [1.807, 2.05) is 12.3 Å². The number of nitrogens with zero attached hydrogens (tertiary/aromatic N) is 2. The number of rotatable bonds is 1. The fraction of sp³-hybridized carbons (Fsp3) is 0.375. The lowest BCUT2D eigenvalue weighted by Crippen LogP contribution is -2.37. The second kappa shape index (κ2) is 2.81. The van der Waals surface area contributed by atoms with Crippen molar-refractivity contribution in [1.82, 2.24) is 4.98 Å². The molecule has 0 bridgehead atoms. The van der Waals surface area contributed by atoms with E-state index in [1.165, 1.54) is 6.42 Å². The molecule has 0 unspecified atom stereocenters. The topological polar surface area (TPSA) is 16.1 Å². The summed E-state index contributed by atoms with van der Waals surface area (Å²) in [4.78, 5) is 6.53. The monoisotopic (exact) mass is 212 g/mol. The molecule has 1 aliphatic rings. The second-order valence-corrected chi connectivity index (χ2v) is 3.59. The van der Waals surface area contributed by atoms with E-state index in [4.69, 9.17) is 0 Å². The van der Waals surface area contributed by atoms with Gasteiger partial charge in [0, 0.05) is 23.8 Å². The Kier molecular flexibility index (Phi) is 1.82. The number of aromatic nitrogens is 1. The molecule has 0 spiro atoms. The Morgan fingerprint density at radius 3 is 2.82 bits per heavy atom. The van der Waals surface area contributed by atoms with Crippen molar-refractivity contribution >= 4 is 21.7 Å². The van der Waals surface area contributed by atoms with Crippen LogP contribution < -0.4 is 4.90 Å². The zero-order valence-electron chi connectivity index (χ0n) is 6.13. The van der Waals surface area contributed by atoms with Crippen LogP contribution in [0.4, 0.5) is 5.82 Å². The van der Waals surface area contributed by atoms with Crippen LogP contribution in [0.15, 0.2) is 22.8 Å². The number of pyridine rings is 1. The number of hydrogen-bond donors (Lipinski definition) is 0. The Labute approximate surface area is 74.4 Å². The lowest BCUT2D eigenvalue weighted by Gasteiger charge is -2.31. The van der Waals surface area contributed by atoms with Crippen molar-refractivity contribution in [2.45, 2.75) is 6.42 Å². The quantitative estimate of drug-likeness (QED) is 0.709. The highest BCUT2D eigenvalue weighted by Gasteiger charge is 2.14. The van der Waals surface area contributed by atoms with E-state index in [9.17, 15) is 0 Å². The maximum atomic E-state index is 4.26. The maximum absolute atomic E-state index is 4.26. The largest absolute Gasteiger partial charge is 0.356 e. The van der Waals surface area contributed by atoms with E-state index in [-0.39, 0.29) is 0 Å². The standard InChI is InChI=1S/C8H9BrN2/c9-7-2-3-10-8(6-7)11-4-1-5-11/h2-3,6H,1,4-5H2. The number of hydrogen-bond acceptors (Lipinski definition) is 2. The smallest absolute Gasteiger partial charge is 0.129 e. The van der Waals surface area contributed by atoms with E-state index in [2.05, 4.69) is 31.9 Å². The summed E-state index contributed by atoms with van der Waals surface area (Å²) in [5.41, 5.74) is 0. The van der Waals surface area contributed by atoms with E-state index < -0.39 is 0 Å². The third kappa shape index (κ3) is 1.38. The van der Waals surface area contributed by atoms with Crippen LogP contribution in [0.2, 0.25) is 0 Å². The molecule has 0 aromatic carbocycles. The molecule has 2 rings (SSSR count). The lowest BCUT2D eigenvalue weighted by atomic mass is 10.2. The first-order valence-electron chi connectivity index (χ1n) is 3.73. The first kappa shape index (κ1) is 7.10. The van der Waals surface area contributed by atoms with Gasteiger partial charge in [0.25, 0.3) is 0 Å². The highest BCUT2D eigenvalue weighted by atomic mass is 79.9. The summed E-state index contributed by atoms with van der Waals surface area (Å²) < 4.78 is 1.11. The molecule has 0 amide bonds. The molecule has 58 valence electrons. The van der Waals surface area contributed by atoms with Crippen molar-refractivity contribution in [3.8, 4) is 0 Å². The highest BCUT2D eigenvalue weighted by molar-refractivity contribution is 9.10. The van der Waals surface area contributed by atoms with Crippen molar-refractivity contribution in [2.75, 3.05) is 18.0 Å². The molecule has 11 heavy (non-hydrogen) atoms. The Morgan fingerprint density at radius 1 is 1.45 bits per heavy atom. The van der Waals surface area contributed by atoms with Crippen molar-refractivity contribution in [1.29, 1.82) is 0 Å². The van der Waals surface area contributed by atoms with Gasteiger partial charge in [0.15, 0.2) is 0 Å². The van der Waals surface area contributed by atoms with E-state index in [0.29, 0.717) is 0 Å². The molecule has 3 heteroatoms. The first-order chi connectivity index (χ1) is 5.36. The van der Waals surface area contributed by atoms with Gasteiger partial charge in [0.1, 0.15) is 5.82 Å². The van der Waals surface area contributed by atoms with Crippen molar-refractivity contribution < 1.29 is 0 Å². The van der Waals surface area contributed by atoms with Crippen molar-refractivity contribution in [3.63, 3.8) is 0 Å². The molecule has 1 aromatic rings. The van der Waals surface area contributed by atoms with Crippen LogP contribution in [0.5, 0.6) is 0 Å². The molecule has 0 saturated carbocycles. The van der Waals surface area contributed by atoms with Crippen LogP contribution >= 0.6 is 15.9 Å². The van der Waals surface area contributed by atoms with E-state index >= 15 is 0 Å². The minimum atomic E-state index is 1.09. The molecule has 1 aromatic heterocycles. The number of anilines is 1. The average molecular weight is 213 g/mol. The van der Waals surface area contributed by atoms with Gasteiger partial charge in [-0.1, -0.05) is 15.9 Å². The summed E-state index contributed by atoms with van der Waals surface area (Å²) in [5.74, 6) is 1.09. The Hall–Kier alpha value is -0.570. The molecule has 2 heterocycles. The van der Waals surface area contributed by atoms with Crippen LogP contribution in [-0.4, -0.2) is 18.1 Å². The summed E-state index contributed by atoms with van der Waals surface area (Å²) in [5, 5.41) is 0. The summed E-state index contributed by atoms with van der Waals surface area (Å²) >= 11 is 3.42. The second-order valence-electron chi connectivity index (χ2n) is 2.67. The molecule has 1 aliphatic heterocycles. The van der Waals surface area contributed by atoms with Gasteiger partial charge in [0.2, 0.25) is 0 Å². The van der Waals surface area contributed by atoms with Crippen molar-refractivity contribution in [2.24, 2.45) is 0 Å². The molecule has 0 atom stereocenters. The highest BCUT2D eigenvalue weighted by Crippen LogP contribution is 2.20. The fourth-order valence-corrected chi connectivity index (χ4v) is 1.43. The molecule has 0 aliphatic carbocycles. The number of halogens is 1. The van der Waals surface area contributed by atoms with Gasteiger partial charge in [-0.2, -0.15) is 0 Å². The predicted octanol–water partition coefficient (Wildman–Crippen LogP) is 2.05. The average Bonchev–Trinajstić information content (AvgIpc) is 1.83. The third-order valence-electron chi connectivity index (χ3n) is 1.89. The van der Waals surface area contributed by atoms with E-state index in [1.54, 1.807) is 0 Å². The van der Waals surface area contributed by atoms with Crippen LogP contribution in [0.3, 0.4) is 0 Å². The lowest BCUT2D eigenvalue weighted by molar-refractivity contribution is 0.609. The predicted molar refractivity (Wildman–Crippen MR) is 48.8 cm³/mol. The van der Waals surface area contributed by atoms with Crippen LogP contribution in [0.1, 0.15) is 6.42 Å². The summed E-state index contributed by atoms with van der Waals surface area (Å²) in [7, 11) is 0. The SMILES string of the molecule is Brc1ccnc(N2CCC2)c1. The Morgan fingerprint density at radius 2 is 2.27 bits per heavy atom. The van der Waals surface area contributed by atoms with Gasteiger partial charge < -0.3 is 4.90 Å². The van der Waals surface area contributed by atoms with Crippen LogP contribution in [0, 0.1) is 0 Å². The minimum absolute atomic E-state index is 1.09. The molecule has 1 fully saturated rings. The summed E-state index contributed by atoms with van der Waals surface area (Å²) in [6, 6.07) is 4.00.